The summed E-state index contributed by atoms with van der Waals surface area (Å²) in [6.07, 6.45) is 3.92. The van der Waals surface area contributed by atoms with E-state index in [2.05, 4.69) is 43.6 Å². The molecular formula is C21H32N4O2. The molecule has 2 saturated heterocycles. The van der Waals surface area contributed by atoms with Gasteiger partial charge in [0.05, 0.1) is 0 Å². The number of carbonyl (C=O) groups is 2. The van der Waals surface area contributed by atoms with Crippen LogP contribution in [0.2, 0.25) is 0 Å². The lowest BCUT2D eigenvalue weighted by atomic mass is 9.80. The average molecular weight is 373 g/mol. The Kier molecular flexibility index (Phi) is 5.47. The highest BCUT2D eigenvalue weighted by Crippen LogP contribution is 2.28. The first-order valence-corrected chi connectivity index (χ1v) is 9.90. The van der Waals surface area contributed by atoms with Crippen LogP contribution in [-0.2, 0) is 0 Å². The molecule has 0 aliphatic carbocycles. The number of hydrogen-bond donors (Lipinski definition) is 3. The molecule has 1 aromatic rings. The highest BCUT2D eigenvalue weighted by Gasteiger charge is 2.38. The van der Waals surface area contributed by atoms with Gasteiger partial charge >= 0.3 is 6.03 Å². The zero-order chi connectivity index (χ0) is 19.7. The van der Waals surface area contributed by atoms with Gasteiger partial charge in [0.1, 0.15) is 0 Å². The summed E-state index contributed by atoms with van der Waals surface area (Å²) in [4.78, 5) is 26.7. The second-order valence-corrected chi connectivity index (χ2v) is 9.17. The van der Waals surface area contributed by atoms with Crippen molar-refractivity contribution in [2.24, 2.45) is 0 Å². The fraction of sp³-hybridized carbons (Fsp3) is 0.619. The zero-order valence-corrected chi connectivity index (χ0v) is 16.9. The number of carbonyl (C=O) groups excluding carboxylic acids is 2. The van der Waals surface area contributed by atoms with Gasteiger partial charge in [0, 0.05) is 41.5 Å². The maximum absolute atomic E-state index is 12.4. The van der Waals surface area contributed by atoms with E-state index in [0.29, 0.717) is 11.3 Å². The highest BCUT2D eigenvalue weighted by molar-refractivity contribution is 5.95. The molecule has 27 heavy (non-hydrogen) atoms. The second-order valence-electron chi connectivity index (χ2n) is 9.17. The third kappa shape index (κ3) is 5.22. The molecule has 2 fully saturated rings. The number of likely N-dealkylation sites (tertiary alicyclic amines) is 1. The Morgan fingerprint density at radius 2 is 1.56 bits per heavy atom. The number of amides is 3. The standard InChI is InChI=1S/C21H32N4O2/c1-20(2)13-17(14-21(3,4)24-20)23-19(27)22-16-9-7-15(8-10-16)18(26)25-11-5-6-12-25/h7-10,17,24H,5-6,11-14H2,1-4H3,(H2,22,23,27). The second kappa shape index (κ2) is 7.50. The smallest absolute Gasteiger partial charge is 0.319 e. The van der Waals surface area contributed by atoms with Crippen LogP contribution in [0.1, 0.15) is 63.7 Å². The molecule has 3 N–H and O–H groups in total. The van der Waals surface area contributed by atoms with Crippen LogP contribution in [0.4, 0.5) is 10.5 Å². The minimum atomic E-state index is -0.202. The predicted octanol–water partition coefficient (Wildman–Crippen LogP) is 3.35. The van der Waals surface area contributed by atoms with Crippen LogP contribution in [0.15, 0.2) is 24.3 Å². The van der Waals surface area contributed by atoms with E-state index in [9.17, 15) is 9.59 Å². The molecule has 1 aromatic carbocycles. The monoisotopic (exact) mass is 372 g/mol. The van der Waals surface area contributed by atoms with Gasteiger partial charge in [-0.25, -0.2) is 4.79 Å². The molecule has 2 aliphatic rings. The van der Waals surface area contributed by atoms with Crippen molar-refractivity contribution in [3.8, 4) is 0 Å². The van der Waals surface area contributed by atoms with Crippen LogP contribution in [0.5, 0.6) is 0 Å². The fourth-order valence-corrected chi connectivity index (χ4v) is 4.58. The average Bonchev–Trinajstić information content (AvgIpc) is 3.06. The first kappa shape index (κ1) is 19.7. The van der Waals surface area contributed by atoms with Crippen LogP contribution in [-0.4, -0.2) is 47.0 Å². The first-order chi connectivity index (χ1) is 12.6. The maximum atomic E-state index is 12.4. The zero-order valence-electron chi connectivity index (χ0n) is 16.9. The Labute approximate surface area is 162 Å². The number of benzene rings is 1. The van der Waals surface area contributed by atoms with Crippen molar-refractivity contribution >= 4 is 17.6 Å². The fourth-order valence-electron chi connectivity index (χ4n) is 4.58. The minimum absolute atomic E-state index is 0.0166. The van der Waals surface area contributed by atoms with Crippen LogP contribution < -0.4 is 16.0 Å². The molecule has 2 heterocycles. The van der Waals surface area contributed by atoms with Crippen molar-refractivity contribution in [3.63, 3.8) is 0 Å². The third-order valence-electron chi connectivity index (χ3n) is 5.31. The summed E-state index contributed by atoms with van der Waals surface area (Å²) in [5.41, 5.74) is 1.33. The minimum Gasteiger partial charge on any atom is -0.339 e. The van der Waals surface area contributed by atoms with Gasteiger partial charge < -0.3 is 20.9 Å². The third-order valence-corrected chi connectivity index (χ3v) is 5.31. The van der Waals surface area contributed by atoms with Crippen molar-refractivity contribution in [2.75, 3.05) is 18.4 Å². The molecule has 0 aromatic heterocycles. The SMILES string of the molecule is CC1(C)CC(NC(=O)Nc2ccc(C(=O)N3CCCC3)cc2)CC(C)(C)N1. The molecule has 3 amide bonds. The van der Waals surface area contributed by atoms with E-state index >= 15 is 0 Å². The molecule has 0 unspecified atom stereocenters. The Morgan fingerprint density at radius 1 is 1.00 bits per heavy atom. The first-order valence-electron chi connectivity index (χ1n) is 9.90. The number of nitrogens with one attached hydrogen (secondary N) is 3. The topological polar surface area (TPSA) is 73.5 Å². The molecule has 3 rings (SSSR count). The number of rotatable bonds is 3. The lowest BCUT2D eigenvalue weighted by molar-refractivity contribution is 0.0793. The summed E-state index contributed by atoms with van der Waals surface area (Å²) in [5, 5.41) is 9.60. The van der Waals surface area contributed by atoms with Crippen molar-refractivity contribution in [1.82, 2.24) is 15.5 Å². The Bertz CT molecular complexity index is 675. The molecule has 0 spiro atoms. The van der Waals surface area contributed by atoms with Crippen molar-refractivity contribution in [3.05, 3.63) is 29.8 Å². The summed E-state index contributed by atoms with van der Waals surface area (Å²) in [6, 6.07) is 7.07. The summed E-state index contributed by atoms with van der Waals surface area (Å²) in [5.74, 6) is 0.0719. The quantitative estimate of drug-likeness (QED) is 0.762. The van der Waals surface area contributed by atoms with Gasteiger partial charge in [-0.15, -0.1) is 0 Å². The van der Waals surface area contributed by atoms with E-state index in [-0.39, 0.29) is 29.1 Å². The summed E-state index contributed by atoms with van der Waals surface area (Å²) >= 11 is 0. The van der Waals surface area contributed by atoms with Gasteiger partial charge in [0.15, 0.2) is 0 Å². The molecule has 148 valence electrons. The molecule has 0 radical (unpaired) electrons. The van der Waals surface area contributed by atoms with Gasteiger partial charge in [-0.1, -0.05) is 0 Å². The van der Waals surface area contributed by atoms with Gasteiger partial charge in [0.2, 0.25) is 0 Å². The van der Waals surface area contributed by atoms with E-state index in [1.54, 1.807) is 24.3 Å². The number of urea groups is 1. The number of hydrogen-bond acceptors (Lipinski definition) is 3. The van der Waals surface area contributed by atoms with Crippen molar-refractivity contribution in [1.29, 1.82) is 0 Å². The molecule has 6 heteroatoms. The largest absolute Gasteiger partial charge is 0.339 e. The van der Waals surface area contributed by atoms with E-state index in [1.165, 1.54) is 0 Å². The van der Waals surface area contributed by atoms with Gasteiger partial charge in [-0.05, 0) is 77.6 Å². The molecule has 0 saturated carbocycles. The van der Waals surface area contributed by atoms with Crippen molar-refractivity contribution in [2.45, 2.75) is 70.5 Å². The Balaban J connectivity index is 1.55. The van der Waals surface area contributed by atoms with Gasteiger partial charge in [0.25, 0.3) is 5.91 Å². The van der Waals surface area contributed by atoms with Crippen LogP contribution in [0, 0.1) is 0 Å². The molecule has 0 bridgehead atoms. The van der Waals surface area contributed by atoms with Gasteiger partial charge in [-0.3, -0.25) is 4.79 Å². The highest BCUT2D eigenvalue weighted by atomic mass is 16.2. The molecule has 6 nitrogen and oxygen atoms in total. The van der Waals surface area contributed by atoms with E-state index in [1.807, 2.05) is 4.90 Å². The lowest BCUT2D eigenvalue weighted by Gasteiger charge is -2.46. The molecule has 2 aliphatic heterocycles. The van der Waals surface area contributed by atoms with Crippen molar-refractivity contribution < 1.29 is 9.59 Å². The summed E-state index contributed by atoms with van der Waals surface area (Å²) < 4.78 is 0. The van der Waals surface area contributed by atoms with E-state index < -0.39 is 0 Å². The lowest BCUT2D eigenvalue weighted by Crippen LogP contribution is -2.62. The summed E-state index contributed by atoms with van der Waals surface area (Å²) in [6.45, 7) is 10.3. The number of nitrogens with zero attached hydrogens (tertiary/aromatic N) is 1. The van der Waals surface area contributed by atoms with Crippen LogP contribution in [0.3, 0.4) is 0 Å². The number of piperidine rings is 1. The Hall–Kier alpha value is -2.08. The number of anilines is 1. The normalized spacial score (nSPS) is 21.7. The predicted molar refractivity (Wildman–Crippen MR) is 108 cm³/mol. The van der Waals surface area contributed by atoms with Crippen LogP contribution >= 0.6 is 0 Å². The summed E-state index contributed by atoms with van der Waals surface area (Å²) in [7, 11) is 0. The molecular weight excluding hydrogens is 340 g/mol. The molecule has 0 atom stereocenters. The maximum Gasteiger partial charge on any atom is 0.319 e. The van der Waals surface area contributed by atoms with Crippen LogP contribution in [0.25, 0.3) is 0 Å². The van der Waals surface area contributed by atoms with E-state index in [4.69, 9.17) is 0 Å². The van der Waals surface area contributed by atoms with E-state index in [0.717, 1.165) is 38.8 Å². The Morgan fingerprint density at radius 3 is 2.11 bits per heavy atom. The van der Waals surface area contributed by atoms with Gasteiger partial charge in [-0.2, -0.15) is 0 Å².